The molecule has 2 rings (SSSR count). The van der Waals surface area contributed by atoms with E-state index in [0.29, 0.717) is 0 Å². The lowest BCUT2D eigenvalue weighted by molar-refractivity contribution is 0.713. The molecule has 1 N–H and O–H groups in total. The monoisotopic (exact) mass is 271 g/mol. The van der Waals surface area contributed by atoms with E-state index in [1.807, 2.05) is 0 Å². The average Bonchev–Trinajstić information content (AvgIpc) is 2.49. The molecule has 0 fully saturated rings. The van der Waals surface area contributed by atoms with Crippen molar-refractivity contribution in [3.05, 3.63) is 35.9 Å². The van der Waals surface area contributed by atoms with Crippen LogP contribution in [0.4, 0.5) is 5.82 Å². The fraction of sp³-hybridized carbons (Fsp3) is 0.471. The summed E-state index contributed by atoms with van der Waals surface area (Å²) in [5.74, 6) is 1.11. The first-order valence-electron chi connectivity index (χ1n) is 7.56. The fourth-order valence-corrected chi connectivity index (χ4v) is 2.37. The standard InChI is InChI=1S/C17H25N3/c1-4-6-11-20(3)17-15(13-18-5-2)12-14-9-7-8-10-16(14)19-17/h7-10,12,18H,4-6,11,13H2,1-3H3. The summed E-state index contributed by atoms with van der Waals surface area (Å²) >= 11 is 0. The van der Waals surface area contributed by atoms with Gasteiger partial charge in [-0.15, -0.1) is 0 Å². The molecule has 3 nitrogen and oxygen atoms in total. The Morgan fingerprint density at radius 2 is 2.00 bits per heavy atom. The third-order valence-electron chi connectivity index (χ3n) is 3.55. The van der Waals surface area contributed by atoms with Gasteiger partial charge < -0.3 is 10.2 Å². The van der Waals surface area contributed by atoms with Gasteiger partial charge in [0.2, 0.25) is 0 Å². The van der Waals surface area contributed by atoms with E-state index in [9.17, 15) is 0 Å². The summed E-state index contributed by atoms with van der Waals surface area (Å²) in [7, 11) is 2.14. The predicted molar refractivity (Wildman–Crippen MR) is 87.3 cm³/mol. The van der Waals surface area contributed by atoms with Gasteiger partial charge in [0, 0.05) is 31.1 Å². The molecular weight excluding hydrogens is 246 g/mol. The highest BCUT2D eigenvalue weighted by Crippen LogP contribution is 2.23. The van der Waals surface area contributed by atoms with Crippen LogP contribution in [-0.2, 0) is 6.54 Å². The first-order chi connectivity index (χ1) is 9.76. The maximum absolute atomic E-state index is 4.87. The van der Waals surface area contributed by atoms with Crippen molar-refractivity contribution in [1.82, 2.24) is 10.3 Å². The highest BCUT2D eigenvalue weighted by Gasteiger charge is 2.10. The summed E-state index contributed by atoms with van der Waals surface area (Å²) in [6, 6.07) is 10.6. The summed E-state index contributed by atoms with van der Waals surface area (Å²) in [6.45, 7) is 7.27. The highest BCUT2D eigenvalue weighted by molar-refractivity contribution is 5.81. The zero-order chi connectivity index (χ0) is 14.4. The van der Waals surface area contributed by atoms with Gasteiger partial charge in [0.15, 0.2) is 0 Å². The number of nitrogens with one attached hydrogen (secondary N) is 1. The lowest BCUT2D eigenvalue weighted by atomic mass is 10.1. The van der Waals surface area contributed by atoms with Crippen LogP contribution in [0.1, 0.15) is 32.3 Å². The number of fused-ring (bicyclic) bond motifs is 1. The van der Waals surface area contributed by atoms with E-state index in [2.05, 4.69) is 61.4 Å². The topological polar surface area (TPSA) is 28.2 Å². The van der Waals surface area contributed by atoms with Crippen LogP contribution in [0.3, 0.4) is 0 Å². The number of nitrogens with zero attached hydrogens (tertiary/aromatic N) is 2. The van der Waals surface area contributed by atoms with Crippen molar-refractivity contribution in [2.45, 2.75) is 33.2 Å². The Kier molecular flexibility index (Phi) is 5.36. The molecular formula is C17H25N3. The largest absolute Gasteiger partial charge is 0.359 e. The Balaban J connectivity index is 2.36. The van der Waals surface area contributed by atoms with Gasteiger partial charge in [-0.25, -0.2) is 4.98 Å². The molecule has 0 saturated carbocycles. The Hall–Kier alpha value is -1.61. The van der Waals surface area contributed by atoms with Crippen molar-refractivity contribution >= 4 is 16.7 Å². The van der Waals surface area contributed by atoms with E-state index in [1.54, 1.807) is 0 Å². The van der Waals surface area contributed by atoms with Gasteiger partial charge in [-0.05, 0) is 25.1 Å². The van der Waals surface area contributed by atoms with E-state index in [4.69, 9.17) is 4.98 Å². The molecule has 0 radical (unpaired) electrons. The Morgan fingerprint density at radius 3 is 2.75 bits per heavy atom. The maximum atomic E-state index is 4.87. The number of pyridine rings is 1. The number of unbranched alkanes of at least 4 members (excludes halogenated alkanes) is 1. The quantitative estimate of drug-likeness (QED) is 0.834. The van der Waals surface area contributed by atoms with Gasteiger partial charge in [0.1, 0.15) is 5.82 Å². The normalized spacial score (nSPS) is 10.9. The molecule has 0 spiro atoms. The minimum absolute atomic E-state index is 0.875. The predicted octanol–water partition coefficient (Wildman–Crippen LogP) is 3.58. The Bertz CT molecular complexity index is 551. The van der Waals surface area contributed by atoms with Crippen molar-refractivity contribution in [3.63, 3.8) is 0 Å². The van der Waals surface area contributed by atoms with Gasteiger partial charge in [0.05, 0.1) is 5.52 Å². The van der Waals surface area contributed by atoms with Crippen LogP contribution in [0.15, 0.2) is 30.3 Å². The highest BCUT2D eigenvalue weighted by atomic mass is 15.2. The zero-order valence-electron chi connectivity index (χ0n) is 12.8. The summed E-state index contributed by atoms with van der Waals surface area (Å²) in [4.78, 5) is 7.15. The van der Waals surface area contributed by atoms with Crippen LogP contribution in [0.5, 0.6) is 0 Å². The molecule has 0 amide bonds. The molecule has 0 atom stereocenters. The number of hydrogen-bond acceptors (Lipinski definition) is 3. The third-order valence-corrected chi connectivity index (χ3v) is 3.55. The van der Waals surface area contributed by atoms with Gasteiger partial charge in [-0.3, -0.25) is 0 Å². The summed E-state index contributed by atoms with van der Waals surface area (Å²) < 4.78 is 0. The van der Waals surface area contributed by atoms with E-state index < -0.39 is 0 Å². The molecule has 0 saturated heterocycles. The lowest BCUT2D eigenvalue weighted by Crippen LogP contribution is -2.23. The summed E-state index contributed by atoms with van der Waals surface area (Å²) in [5, 5.41) is 4.63. The van der Waals surface area contributed by atoms with Crippen molar-refractivity contribution in [3.8, 4) is 0 Å². The van der Waals surface area contributed by atoms with Crippen LogP contribution >= 0.6 is 0 Å². The molecule has 0 aliphatic carbocycles. The fourth-order valence-electron chi connectivity index (χ4n) is 2.37. The summed E-state index contributed by atoms with van der Waals surface area (Å²) in [5.41, 5.74) is 2.36. The molecule has 20 heavy (non-hydrogen) atoms. The minimum Gasteiger partial charge on any atom is -0.359 e. The number of benzene rings is 1. The SMILES string of the molecule is CCCCN(C)c1nc2ccccc2cc1CNCC. The molecule has 108 valence electrons. The second-order valence-corrected chi connectivity index (χ2v) is 5.22. The zero-order valence-corrected chi connectivity index (χ0v) is 12.8. The molecule has 0 aliphatic rings. The number of hydrogen-bond donors (Lipinski definition) is 1. The number of aromatic nitrogens is 1. The third kappa shape index (κ3) is 3.48. The van der Waals surface area contributed by atoms with E-state index >= 15 is 0 Å². The van der Waals surface area contributed by atoms with Crippen molar-refractivity contribution in [2.24, 2.45) is 0 Å². The van der Waals surface area contributed by atoms with E-state index in [-0.39, 0.29) is 0 Å². The van der Waals surface area contributed by atoms with Crippen molar-refractivity contribution in [1.29, 1.82) is 0 Å². The average molecular weight is 271 g/mol. The van der Waals surface area contributed by atoms with Gasteiger partial charge >= 0.3 is 0 Å². The van der Waals surface area contributed by atoms with Gasteiger partial charge in [-0.2, -0.15) is 0 Å². The number of para-hydroxylation sites is 1. The van der Waals surface area contributed by atoms with Crippen LogP contribution in [-0.4, -0.2) is 25.1 Å². The molecule has 2 aromatic rings. The summed E-state index contributed by atoms with van der Waals surface area (Å²) in [6.07, 6.45) is 2.41. The van der Waals surface area contributed by atoms with Gasteiger partial charge in [0.25, 0.3) is 0 Å². The first-order valence-corrected chi connectivity index (χ1v) is 7.56. The number of anilines is 1. The maximum Gasteiger partial charge on any atom is 0.133 e. The second kappa shape index (κ2) is 7.25. The van der Waals surface area contributed by atoms with Crippen LogP contribution in [0.2, 0.25) is 0 Å². The first kappa shape index (κ1) is 14.8. The Morgan fingerprint density at radius 1 is 1.20 bits per heavy atom. The van der Waals surface area contributed by atoms with E-state index in [1.165, 1.54) is 23.8 Å². The minimum atomic E-state index is 0.875. The number of rotatable bonds is 7. The second-order valence-electron chi connectivity index (χ2n) is 5.22. The van der Waals surface area contributed by atoms with E-state index in [0.717, 1.165) is 31.0 Å². The Labute approximate surface area is 122 Å². The molecule has 1 aromatic heterocycles. The smallest absolute Gasteiger partial charge is 0.133 e. The molecule has 0 aliphatic heterocycles. The molecule has 1 aromatic carbocycles. The van der Waals surface area contributed by atoms with Gasteiger partial charge in [-0.1, -0.05) is 38.5 Å². The van der Waals surface area contributed by atoms with Crippen LogP contribution < -0.4 is 10.2 Å². The molecule has 0 bridgehead atoms. The van der Waals surface area contributed by atoms with Crippen LogP contribution in [0.25, 0.3) is 10.9 Å². The lowest BCUT2D eigenvalue weighted by Gasteiger charge is -2.22. The van der Waals surface area contributed by atoms with Crippen molar-refractivity contribution in [2.75, 3.05) is 25.0 Å². The molecule has 3 heteroatoms. The van der Waals surface area contributed by atoms with Crippen molar-refractivity contribution < 1.29 is 0 Å². The molecule has 1 heterocycles. The molecule has 0 unspecified atom stereocenters. The van der Waals surface area contributed by atoms with Crippen LogP contribution in [0, 0.1) is 0 Å².